The molecule has 2 aromatic carbocycles. The Morgan fingerprint density at radius 2 is 1.41 bits per heavy atom. The molecule has 0 aliphatic carbocycles. The summed E-state index contributed by atoms with van der Waals surface area (Å²) in [5.74, 6) is 0.928. The Bertz CT molecular complexity index is 1080. The van der Waals surface area contributed by atoms with Gasteiger partial charge in [0.1, 0.15) is 17.3 Å². The van der Waals surface area contributed by atoms with E-state index in [1.165, 1.54) is 18.4 Å². The van der Waals surface area contributed by atoms with Crippen molar-refractivity contribution in [1.82, 2.24) is 0 Å². The molecule has 0 saturated heterocycles. The number of furan rings is 1. The van der Waals surface area contributed by atoms with E-state index in [1.807, 2.05) is 57.2 Å². The highest BCUT2D eigenvalue weighted by Crippen LogP contribution is 2.25. The Kier molecular flexibility index (Phi) is 8.51. The van der Waals surface area contributed by atoms with Crippen LogP contribution in [-0.2, 0) is 19.1 Å². The third kappa shape index (κ3) is 7.27. The second-order valence-electron chi connectivity index (χ2n) is 8.05. The van der Waals surface area contributed by atoms with Crippen LogP contribution in [0.5, 0.6) is 11.5 Å². The highest BCUT2D eigenvalue weighted by Gasteiger charge is 2.27. The van der Waals surface area contributed by atoms with E-state index in [1.54, 1.807) is 24.3 Å². The van der Waals surface area contributed by atoms with Gasteiger partial charge in [-0.05, 0) is 73.9 Å². The molecule has 1 heterocycles. The van der Waals surface area contributed by atoms with Crippen molar-refractivity contribution >= 4 is 18.0 Å². The molecule has 0 radical (unpaired) electrons. The molecule has 0 saturated carbocycles. The van der Waals surface area contributed by atoms with Crippen LogP contribution in [0.3, 0.4) is 0 Å². The normalized spacial score (nSPS) is 11.3. The number of carbonyl (C=O) groups is 2. The van der Waals surface area contributed by atoms with E-state index in [2.05, 4.69) is 0 Å². The Labute approximate surface area is 198 Å². The monoisotopic (exact) mass is 464 g/mol. The smallest absolute Gasteiger partial charge is 0.333 e. The van der Waals surface area contributed by atoms with Gasteiger partial charge in [-0.2, -0.15) is 0 Å². The minimum absolute atomic E-state index is 0.128. The Balaban J connectivity index is 1.43. The SMILES string of the molecule is CCC(C)(C)C(=O)OCOc1ccc(-c2ccc(OCOC(=O)/C=C/c3ccco3)cc2)cc1. The van der Waals surface area contributed by atoms with Gasteiger partial charge in [0.05, 0.1) is 11.7 Å². The maximum absolute atomic E-state index is 12.0. The Hall–Kier alpha value is -4.00. The summed E-state index contributed by atoms with van der Waals surface area (Å²) >= 11 is 0. The van der Waals surface area contributed by atoms with Crippen molar-refractivity contribution in [3.8, 4) is 22.6 Å². The lowest BCUT2D eigenvalue weighted by molar-refractivity contribution is -0.160. The van der Waals surface area contributed by atoms with Crippen LogP contribution >= 0.6 is 0 Å². The summed E-state index contributed by atoms with van der Waals surface area (Å²) in [6, 6.07) is 18.3. The molecule has 0 unspecified atom stereocenters. The van der Waals surface area contributed by atoms with Crippen LogP contribution in [-0.4, -0.2) is 25.5 Å². The molecule has 3 aromatic rings. The van der Waals surface area contributed by atoms with Gasteiger partial charge in [0.2, 0.25) is 13.6 Å². The lowest BCUT2D eigenvalue weighted by atomic mass is 9.91. The fraction of sp³-hybridized carbons (Fsp3) is 0.259. The standard InChI is InChI=1S/C27H28O7/c1-4-27(2,3)26(29)34-19-32-24-13-9-21(10-14-24)20-7-11-23(12-8-20)31-18-33-25(28)16-15-22-6-5-17-30-22/h5-17H,4,18-19H2,1-3H3/b16-15+. The molecule has 178 valence electrons. The van der Waals surface area contributed by atoms with Gasteiger partial charge in [0.15, 0.2) is 0 Å². The van der Waals surface area contributed by atoms with E-state index < -0.39 is 11.4 Å². The van der Waals surface area contributed by atoms with Crippen LogP contribution in [0.2, 0.25) is 0 Å². The average Bonchev–Trinajstić information content (AvgIpc) is 3.37. The molecule has 0 aliphatic heterocycles. The number of benzene rings is 2. The number of hydrogen-bond donors (Lipinski definition) is 0. The average molecular weight is 465 g/mol. The summed E-state index contributed by atoms with van der Waals surface area (Å²) < 4.78 is 26.3. The number of rotatable bonds is 11. The minimum atomic E-state index is -0.529. The van der Waals surface area contributed by atoms with E-state index in [0.29, 0.717) is 23.7 Å². The predicted molar refractivity (Wildman–Crippen MR) is 127 cm³/mol. The largest absolute Gasteiger partial charge is 0.465 e. The lowest BCUT2D eigenvalue weighted by Gasteiger charge is -2.20. The molecule has 0 spiro atoms. The van der Waals surface area contributed by atoms with Crippen LogP contribution in [0, 0.1) is 5.41 Å². The number of ether oxygens (including phenoxy) is 4. The predicted octanol–water partition coefficient (Wildman–Crippen LogP) is 5.86. The summed E-state index contributed by atoms with van der Waals surface area (Å²) in [6.07, 6.45) is 5.01. The van der Waals surface area contributed by atoms with Crippen molar-refractivity contribution in [1.29, 1.82) is 0 Å². The first-order chi connectivity index (χ1) is 16.4. The first kappa shape index (κ1) is 24.6. The minimum Gasteiger partial charge on any atom is -0.465 e. The van der Waals surface area contributed by atoms with Gasteiger partial charge in [-0.1, -0.05) is 31.2 Å². The molecule has 7 heteroatoms. The van der Waals surface area contributed by atoms with E-state index in [9.17, 15) is 9.59 Å². The van der Waals surface area contributed by atoms with Gasteiger partial charge in [0.25, 0.3) is 0 Å². The molecular weight excluding hydrogens is 436 g/mol. The number of esters is 2. The van der Waals surface area contributed by atoms with Crippen LogP contribution in [0.1, 0.15) is 33.0 Å². The molecule has 0 atom stereocenters. The molecule has 34 heavy (non-hydrogen) atoms. The Morgan fingerprint density at radius 3 is 1.91 bits per heavy atom. The molecule has 0 bridgehead atoms. The van der Waals surface area contributed by atoms with Crippen LogP contribution in [0.15, 0.2) is 77.4 Å². The third-order valence-corrected chi connectivity index (χ3v) is 5.25. The summed E-state index contributed by atoms with van der Waals surface area (Å²) in [5.41, 5.74) is 1.44. The second kappa shape index (κ2) is 11.7. The third-order valence-electron chi connectivity index (χ3n) is 5.25. The fourth-order valence-electron chi connectivity index (χ4n) is 2.72. The van der Waals surface area contributed by atoms with Crippen molar-refractivity contribution in [2.24, 2.45) is 5.41 Å². The van der Waals surface area contributed by atoms with Crippen molar-refractivity contribution in [3.05, 3.63) is 78.8 Å². The maximum atomic E-state index is 12.0. The van der Waals surface area contributed by atoms with E-state index in [0.717, 1.165) is 11.1 Å². The quantitative estimate of drug-likeness (QED) is 0.200. The lowest BCUT2D eigenvalue weighted by Crippen LogP contribution is -2.27. The molecule has 0 amide bonds. The van der Waals surface area contributed by atoms with Gasteiger partial charge >= 0.3 is 11.9 Å². The zero-order chi connectivity index (χ0) is 24.4. The van der Waals surface area contributed by atoms with Crippen LogP contribution < -0.4 is 9.47 Å². The van der Waals surface area contributed by atoms with Crippen LogP contribution in [0.25, 0.3) is 17.2 Å². The van der Waals surface area contributed by atoms with E-state index in [4.69, 9.17) is 23.4 Å². The molecule has 0 N–H and O–H groups in total. The highest BCUT2D eigenvalue weighted by molar-refractivity contribution is 5.86. The van der Waals surface area contributed by atoms with Crippen molar-refractivity contribution in [3.63, 3.8) is 0 Å². The zero-order valence-corrected chi connectivity index (χ0v) is 19.5. The van der Waals surface area contributed by atoms with Crippen LogP contribution in [0.4, 0.5) is 0 Å². The molecule has 3 rings (SSSR count). The first-order valence-corrected chi connectivity index (χ1v) is 10.9. The summed E-state index contributed by atoms with van der Waals surface area (Å²) in [4.78, 5) is 23.7. The number of carbonyl (C=O) groups excluding carboxylic acids is 2. The summed E-state index contributed by atoms with van der Waals surface area (Å²) in [5, 5.41) is 0. The molecule has 7 nitrogen and oxygen atoms in total. The molecule has 0 aliphatic rings. The Morgan fingerprint density at radius 1 is 0.853 bits per heavy atom. The number of hydrogen-bond acceptors (Lipinski definition) is 7. The zero-order valence-electron chi connectivity index (χ0n) is 19.5. The highest BCUT2D eigenvalue weighted by atomic mass is 16.7. The summed E-state index contributed by atoms with van der Waals surface area (Å²) in [6.45, 7) is 5.30. The van der Waals surface area contributed by atoms with E-state index >= 15 is 0 Å². The van der Waals surface area contributed by atoms with Gasteiger partial charge in [-0.3, -0.25) is 4.79 Å². The second-order valence-corrected chi connectivity index (χ2v) is 8.05. The van der Waals surface area contributed by atoms with Gasteiger partial charge < -0.3 is 23.4 Å². The molecular formula is C27H28O7. The van der Waals surface area contributed by atoms with Crippen molar-refractivity contribution < 1.29 is 33.0 Å². The van der Waals surface area contributed by atoms with Gasteiger partial charge in [-0.25, -0.2) is 4.79 Å². The van der Waals surface area contributed by atoms with E-state index in [-0.39, 0.29) is 19.6 Å². The molecule has 0 fully saturated rings. The van der Waals surface area contributed by atoms with Gasteiger partial charge in [-0.15, -0.1) is 0 Å². The van der Waals surface area contributed by atoms with Gasteiger partial charge in [0, 0.05) is 6.08 Å². The fourth-order valence-corrected chi connectivity index (χ4v) is 2.72. The first-order valence-electron chi connectivity index (χ1n) is 10.9. The molecule has 1 aromatic heterocycles. The maximum Gasteiger partial charge on any atom is 0.333 e. The summed E-state index contributed by atoms with van der Waals surface area (Å²) in [7, 11) is 0. The van der Waals surface area contributed by atoms with Crippen molar-refractivity contribution in [2.45, 2.75) is 27.2 Å². The topological polar surface area (TPSA) is 84.2 Å². The van der Waals surface area contributed by atoms with Crippen molar-refractivity contribution in [2.75, 3.05) is 13.6 Å².